The van der Waals surface area contributed by atoms with Gasteiger partial charge in [0.05, 0.1) is 5.92 Å². The minimum atomic E-state index is -0.618. The Hall–Kier alpha value is -2.95. The lowest BCUT2D eigenvalue weighted by atomic mass is 9.79. The molecule has 0 aliphatic heterocycles. The Labute approximate surface area is 230 Å². The van der Waals surface area contributed by atoms with Gasteiger partial charge in [-0.05, 0) is 98.6 Å². The second-order valence-corrected chi connectivity index (χ2v) is 11.9. The van der Waals surface area contributed by atoms with E-state index in [2.05, 4.69) is 13.8 Å². The van der Waals surface area contributed by atoms with Crippen LogP contribution in [0.25, 0.3) is 21.9 Å². The van der Waals surface area contributed by atoms with E-state index in [-0.39, 0.29) is 23.4 Å². The van der Waals surface area contributed by atoms with Gasteiger partial charge in [-0.2, -0.15) is 0 Å². The molecule has 39 heavy (non-hydrogen) atoms. The molecule has 0 spiro atoms. The quantitative estimate of drug-likeness (QED) is 0.273. The van der Waals surface area contributed by atoms with Crippen molar-refractivity contribution in [1.29, 1.82) is 0 Å². The Balaban J connectivity index is 1.17. The largest absolute Gasteiger partial charge is 0.462 e. The third kappa shape index (κ3) is 6.62. The van der Waals surface area contributed by atoms with Gasteiger partial charge in [0.25, 0.3) is 0 Å². The molecule has 5 rings (SSSR count). The minimum Gasteiger partial charge on any atom is -0.462 e. The van der Waals surface area contributed by atoms with Gasteiger partial charge in [0.15, 0.2) is 0 Å². The van der Waals surface area contributed by atoms with Crippen molar-refractivity contribution in [2.45, 2.75) is 97.0 Å². The van der Waals surface area contributed by atoms with Crippen LogP contribution in [-0.4, -0.2) is 12.1 Å². The predicted molar refractivity (Wildman–Crippen MR) is 153 cm³/mol. The van der Waals surface area contributed by atoms with Crippen molar-refractivity contribution in [1.82, 2.24) is 0 Å². The molecule has 2 aliphatic rings. The maximum absolute atomic E-state index is 15.4. The van der Waals surface area contributed by atoms with Gasteiger partial charge in [0.2, 0.25) is 0 Å². The Kier molecular flexibility index (Phi) is 8.84. The summed E-state index contributed by atoms with van der Waals surface area (Å²) in [6.45, 7) is 4.40. The van der Waals surface area contributed by atoms with Crippen LogP contribution in [0.3, 0.4) is 0 Å². The van der Waals surface area contributed by atoms with E-state index in [0.29, 0.717) is 29.0 Å². The van der Waals surface area contributed by atoms with Gasteiger partial charge in [-0.1, -0.05) is 56.7 Å². The number of hydrogen-bond donors (Lipinski definition) is 0. The molecule has 2 aliphatic carbocycles. The number of aryl methyl sites for hydroxylation is 2. The number of esters is 1. The third-order valence-corrected chi connectivity index (χ3v) is 8.95. The molecule has 4 nitrogen and oxygen atoms in total. The van der Waals surface area contributed by atoms with E-state index in [1.165, 1.54) is 5.56 Å². The maximum Gasteiger partial charge on any atom is 0.346 e. The van der Waals surface area contributed by atoms with E-state index in [4.69, 9.17) is 9.15 Å². The van der Waals surface area contributed by atoms with Gasteiger partial charge in [-0.3, -0.25) is 4.79 Å². The predicted octanol–water partition coefficient (Wildman–Crippen LogP) is 8.41. The molecule has 3 aromatic rings. The molecule has 0 bridgehead atoms. The van der Waals surface area contributed by atoms with Crippen molar-refractivity contribution in [2.75, 3.05) is 0 Å². The highest BCUT2D eigenvalue weighted by atomic mass is 19.1. The zero-order valence-electron chi connectivity index (χ0n) is 23.3. The lowest BCUT2D eigenvalue weighted by Gasteiger charge is -2.30. The van der Waals surface area contributed by atoms with E-state index >= 15 is 4.39 Å². The highest BCUT2D eigenvalue weighted by Gasteiger charge is 2.30. The summed E-state index contributed by atoms with van der Waals surface area (Å²) in [5, 5.41) is 0.592. The summed E-state index contributed by atoms with van der Waals surface area (Å²) in [5.74, 6) is 1.30. The molecule has 0 saturated heterocycles. The Morgan fingerprint density at radius 2 is 1.67 bits per heavy atom. The van der Waals surface area contributed by atoms with Crippen LogP contribution in [0.4, 0.5) is 4.39 Å². The summed E-state index contributed by atoms with van der Waals surface area (Å²) in [6.07, 6.45) is 11.7. The van der Waals surface area contributed by atoms with Crippen LogP contribution in [0.15, 0.2) is 51.7 Å². The van der Waals surface area contributed by atoms with Crippen molar-refractivity contribution in [2.24, 2.45) is 17.8 Å². The standard InChI is InChI=1S/C34H41FO4/c1-3-4-23-7-12-25(13-8-23)30-20-16-27-21-29(39-34(37)31(27)32(30)35)19-11-24-9-14-26(15-10-24)33(36)38-28-17-5-22(2)6-18-28/h7-8,12-13,16,20-22,24,26,28H,3-6,9-11,14-15,17-19H2,1-2H3. The molecular formula is C34H41FO4. The van der Waals surface area contributed by atoms with Crippen molar-refractivity contribution < 1.29 is 18.3 Å². The maximum atomic E-state index is 15.4. The molecule has 0 amide bonds. The second-order valence-electron chi connectivity index (χ2n) is 11.9. The van der Waals surface area contributed by atoms with Crippen LogP contribution in [0.5, 0.6) is 0 Å². The zero-order chi connectivity index (χ0) is 27.4. The second kappa shape index (κ2) is 12.5. The first-order chi connectivity index (χ1) is 18.9. The van der Waals surface area contributed by atoms with E-state index in [1.807, 2.05) is 36.4 Å². The number of halogens is 1. The molecule has 0 atom stereocenters. The smallest absolute Gasteiger partial charge is 0.346 e. The topological polar surface area (TPSA) is 56.5 Å². The summed E-state index contributed by atoms with van der Waals surface area (Å²) < 4.78 is 26.9. The average Bonchev–Trinajstić information content (AvgIpc) is 2.94. The number of benzene rings is 2. The first kappa shape index (κ1) is 27.6. The Morgan fingerprint density at radius 3 is 2.36 bits per heavy atom. The van der Waals surface area contributed by atoms with E-state index < -0.39 is 11.4 Å². The molecule has 2 aromatic carbocycles. The third-order valence-electron chi connectivity index (χ3n) is 8.95. The van der Waals surface area contributed by atoms with E-state index in [9.17, 15) is 9.59 Å². The van der Waals surface area contributed by atoms with Gasteiger partial charge in [0.1, 0.15) is 23.1 Å². The highest BCUT2D eigenvalue weighted by Crippen LogP contribution is 2.34. The van der Waals surface area contributed by atoms with Crippen LogP contribution in [-0.2, 0) is 22.4 Å². The van der Waals surface area contributed by atoms with Gasteiger partial charge in [-0.25, -0.2) is 9.18 Å². The lowest BCUT2D eigenvalue weighted by Crippen LogP contribution is -2.29. The molecule has 208 valence electrons. The van der Waals surface area contributed by atoms with Crippen molar-refractivity contribution >= 4 is 16.7 Å². The van der Waals surface area contributed by atoms with Crippen LogP contribution in [0.1, 0.15) is 89.4 Å². The van der Waals surface area contributed by atoms with Gasteiger partial charge < -0.3 is 9.15 Å². The number of carbonyl (C=O) groups excluding carboxylic acids is 1. The summed E-state index contributed by atoms with van der Waals surface area (Å²) in [5.41, 5.74) is 1.77. The molecule has 1 aromatic heterocycles. The summed E-state index contributed by atoms with van der Waals surface area (Å²) >= 11 is 0. The van der Waals surface area contributed by atoms with Crippen LogP contribution in [0, 0.1) is 23.6 Å². The monoisotopic (exact) mass is 532 g/mol. The van der Waals surface area contributed by atoms with Crippen LogP contribution < -0.4 is 5.63 Å². The number of hydrogen-bond acceptors (Lipinski definition) is 4. The van der Waals surface area contributed by atoms with Gasteiger partial charge in [0, 0.05) is 12.0 Å². The fraction of sp³-hybridized carbons (Fsp3) is 0.529. The number of carbonyl (C=O) groups is 1. The lowest BCUT2D eigenvalue weighted by molar-refractivity contribution is -0.157. The van der Waals surface area contributed by atoms with Crippen molar-refractivity contribution in [3.05, 3.63) is 70.0 Å². The van der Waals surface area contributed by atoms with Crippen molar-refractivity contribution in [3.63, 3.8) is 0 Å². The summed E-state index contributed by atoms with van der Waals surface area (Å²) in [6, 6.07) is 13.2. The first-order valence-corrected chi connectivity index (χ1v) is 15.0. The molecule has 2 saturated carbocycles. The number of ether oxygens (including phenoxy) is 1. The van der Waals surface area contributed by atoms with Crippen LogP contribution in [0.2, 0.25) is 0 Å². The number of rotatable bonds is 8. The normalized spacial score (nSPS) is 23.6. The molecule has 1 heterocycles. The highest BCUT2D eigenvalue weighted by molar-refractivity contribution is 5.87. The zero-order valence-corrected chi connectivity index (χ0v) is 23.3. The average molecular weight is 533 g/mol. The minimum absolute atomic E-state index is 0.00757. The Bertz CT molecular complexity index is 1330. The Morgan fingerprint density at radius 1 is 0.949 bits per heavy atom. The fourth-order valence-corrected chi connectivity index (χ4v) is 6.42. The fourth-order valence-electron chi connectivity index (χ4n) is 6.42. The number of fused-ring (bicyclic) bond motifs is 1. The first-order valence-electron chi connectivity index (χ1n) is 15.0. The van der Waals surface area contributed by atoms with Gasteiger partial charge >= 0.3 is 11.6 Å². The van der Waals surface area contributed by atoms with Crippen LogP contribution >= 0.6 is 0 Å². The summed E-state index contributed by atoms with van der Waals surface area (Å²) in [4.78, 5) is 25.5. The van der Waals surface area contributed by atoms with Crippen molar-refractivity contribution in [3.8, 4) is 11.1 Å². The molecule has 2 fully saturated rings. The molecule has 0 radical (unpaired) electrons. The SMILES string of the molecule is CCCc1ccc(-c2ccc3cc(CCC4CCC(C(=O)OC5CCC(C)CC5)CC4)oc(=O)c3c2F)cc1. The summed E-state index contributed by atoms with van der Waals surface area (Å²) in [7, 11) is 0. The molecular weight excluding hydrogens is 491 g/mol. The molecule has 5 heteroatoms. The van der Waals surface area contributed by atoms with E-state index in [0.717, 1.165) is 82.1 Å². The van der Waals surface area contributed by atoms with E-state index in [1.54, 1.807) is 6.07 Å². The molecule has 0 N–H and O–H groups in total. The molecule has 0 unspecified atom stereocenters. The van der Waals surface area contributed by atoms with Gasteiger partial charge in [-0.15, -0.1) is 0 Å².